The molecule has 0 aliphatic heterocycles. The van der Waals surface area contributed by atoms with Gasteiger partial charge in [-0.1, -0.05) is 41.7 Å². The normalized spacial score (nSPS) is 10.5. The molecule has 1 amide bonds. The second kappa shape index (κ2) is 7.79. The zero-order chi connectivity index (χ0) is 18.5. The third-order valence-electron chi connectivity index (χ3n) is 3.70. The van der Waals surface area contributed by atoms with Gasteiger partial charge >= 0.3 is 0 Å². The van der Waals surface area contributed by atoms with Crippen LogP contribution in [-0.4, -0.2) is 25.9 Å². The van der Waals surface area contributed by atoms with Crippen LogP contribution in [0.3, 0.4) is 0 Å². The fourth-order valence-electron chi connectivity index (χ4n) is 2.36. The molecule has 2 aromatic carbocycles. The Morgan fingerprint density at radius 1 is 1.11 bits per heavy atom. The molecule has 0 aliphatic rings. The summed E-state index contributed by atoms with van der Waals surface area (Å²) in [6.07, 6.45) is 3.14. The maximum atomic E-state index is 12.3. The number of benzene rings is 2. The minimum absolute atomic E-state index is 0.266. The highest BCUT2D eigenvalue weighted by atomic mass is 32.1. The first-order valence-electron chi connectivity index (χ1n) is 8.20. The largest absolute Gasteiger partial charge is 0.431 e. The average Bonchev–Trinajstić information content (AvgIpc) is 3.40. The highest BCUT2D eigenvalue weighted by molar-refractivity contribution is 7.11. The molecule has 0 atom stereocenters. The number of rotatable bonds is 6. The Labute approximate surface area is 159 Å². The molecule has 0 spiro atoms. The quantitative estimate of drug-likeness (QED) is 0.557. The number of hydrogen-bond donors (Lipinski definition) is 1. The van der Waals surface area contributed by atoms with Gasteiger partial charge in [0.05, 0.1) is 11.9 Å². The lowest BCUT2D eigenvalue weighted by molar-refractivity contribution is 0.0945. The van der Waals surface area contributed by atoms with Crippen molar-refractivity contribution < 1.29 is 9.53 Å². The molecule has 4 aromatic rings. The first kappa shape index (κ1) is 16.9. The van der Waals surface area contributed by atoms with Gasteiger partial charge in [0.1, 0.15) is 5.75 Å². The fourth-order valence-corrected chi connectivity index (χ4v) is 2.87. The number of thiazole rings is 1. The van der Waals surface area contributed by atoms with Gasteiger partial charge in [-0.05, 0) is 29.8 Å². The van der Waals surface area contributed by atoms with Crippen molar-refractivity contribution in [1.82, 2.24) is 25.3 Å². The first-order valence-corrected chi connectivity index (χ1v) is 9.08. The van der Waals surface area contributed by atoms with Crippen LogP contribution in [0, 0.1) is 0 Å². The van der Waals surface area contributed by atoms with Crippen molar-refractivity contribution in [2.45, 2.75) is 6.54 Å². The Morgan fingerprint density at radius 2 is 1.93 bits per heavy atom. The summed E-state index contributed by atoms with van der Waals surface area (Å²) < 4.78 is 5.61. The van der Waals surface area contributed by atoms with Crippen molar-refractivity contribution in [3.05, 3.63) is 83.6 Å². The van der Waals surface area contributed by atoms with Gasteiger partial charge < -0.3 is 10.1 Å². The summed E-state index contributed by atoms with van der Waals surface area (Å²) in [5, 5.41) is 13.6. The molecule has 4 rings (SSSR count). The van der Waals surface area contributed by atoms with Crippen molar-refractivity contribution in [2.24, 2.45) is 0 Å². The topological polar surface area (TPSA) is 81.9 Å². The number of hydrogen-bond acceptors (Lipinski definition) is 6. The maximum absolute atomic E-state index is 12.3. The van der Waals surface area contributed by atoms with E-state index in [0.717, 1.165) is 11.3 Å². The number of para-hydroxylation sites is 1. The van der Waals surface area contributed by atoms with E-state index >= 15 is 0 Å². The van der Waals surface area contributed by atoms with Crippen LogP contribution in [0.4, 0.5) is 0 Å². The Hall–Kier alpha value is -3.52. The van der Waals surface area contributed by atoms with E-state index in [0.29, 0.717) is 17.5 Å². The van der Waals surface area contributed by atoms with Gasteiger partial charge in [0, 0.05) is 18.1 Å². The molecule has 0 radical (unpaired) electrons. The van der Waals surface area contributed by atoms with Gasteiger partial charge in [-0.3, -0.25) is 4.79 Å². The molecule has 0 aliphatic carbocycles. The summed E-state index contributed by atoms with van der Waals surface area (Å²) in [6.45, 7) is 0.383. The molecule has 27 heavy (non-hydrogen) atoms. The van der Waals surface area contributed by atoms with E-state index in [1.165, 1.54) is 22.3 Å². The van der Waals surface area contributed by atoms with Crippen molar-refractivity contribution in [1.29, 1.82) is 0 Å². The van der Waals surface area contributed by atoms with Crippen LogP contribution in [0.15, 0.2) is 72.4 Å². The number of carbonyl (C=O) groups is 1. The Morgan fingerprint density at radius 3 is 2.67 bits per heavy atom. The van der Waals surface area contributed by atoms with Crippen LogP contribution in [0.5, 0.6) is 10.9 Å². The molecule has 1 N–H and O–H groups in total. The molecule has 0 unspecified atom stereocenters. The van der Waals surface area contributed by atoms with Gasteiger partial charge in [0.2, 0.25) is 0 Å². The van der Waals surface area contributed by atoms with Gasteiger partial charge in [0.15, 0.2) is 5.69 Å². The lowest BCUT2D eigenvalue weighted by Gasteiger charge is -2.05. The van der Waals surface area contributed by atoms with Gasteiger partial charge in [-0.2, -0.15) is 9.90 Å². The van der Waals surface area contributed by atoms with E-state index in [-0.39, 0.29) is 11.6 Å². The van der Waals surface area contributed by atoms with E-state index in [1.807, 2.05) is 60.0 Å². The van der Waals surface area contributed by atoms with Crippen LogP contribution in [-0.2, 0) is 6.54 Å². The second-order valence-corrected chi connectivity index (χ2v) is 6.44. The lowest BCUT2D eigenvalue weighted by Crippen LogP contribution is -2.23. The molecule has 0 bridgehead atoms. The Bertz CT molecular complexity index is 1010. The predicted octanol–water partition coefficient (Wildman–Crippen LogP) is 3.45. The predicted molar refractivity (Wildman–Crippen MR) is 101 cm³/mol. The highest BCUT2D eigenvalue weighted by Crippen LogP contribution is 2.23. The molecule has 134 valence electrons. The zero-order valence-corrected chi connectivity index (χ0v) is 15.0. The van der Waals surface area contributed by atoms with Crippen LogP contribution in [0.25, 0.3) is 5.69 Å². The number of aromatic nitrogens is 4. The monoisotopic (exact) mass is 377 g/mol. The summed E-state index contributed by atoms with van der Waals surface area (Å²) >= 11 is 1.43. The van der Waals surface area contributed by atoms with E-state index in [1.54, 1.807) is 6.20 Å². The second-order valence-electron chi connectivity index (χ2n) is 5.58. The van der Waals surface area contributed by atoms with Crippen molar-refractivity contribution in [3.8, 4) is 16.6 Å². The zero-order valence-electron chi connectivity index (χ0n) is 14.1. The maximum Gasteiger partial charge on any atom is 0.278 e. The SMILES string of the molecule is O=C(NCc1ccc(Oc2nccs2)cc1)c1cnn(-c2ccccc2)n1. The van der Waals surface area contributed by atoms with Crippen molar-refractivity contribution >= 4 is 17.2 Å². The molecular weight excluding hydrogens is 362 g/mol. The Balaban J connectivity index is 1.34. The summed E-state index contributed by atoms with van der Waals surface area (Å²) in [7, 11) is 0. The molecule has 2 heterocycles. The number of amides is 1. The van der Waals surface area contributed by atoms with Crippen molar-refractivity contribution in [3.63, 3.8) is 0 Å². The molecule has 8 heteroatoms. The van der Waals surface area contributed by atoms with Crippen molar-refractivity contribution in [2.75, 3.05) is 0 Å². The number of ether oxygens (including phenoxy) is 1. The summed E-state index contributed by atoms with van der Waals surface area (Å²) in [5.74, 6) is 0.422. The van der Waals surface area contributed by atoms with Crippen LogP contribution in [0.2, 0.25) is 0 Å². The Kier molecular flexibility index (Phi) is 4.88. The van der Waals surface area contributed by atoms with Crippen LogP contribution >= 0.6 is 11.3 Å². The van der Waals surface area contributed by atoms with E-state index in [2.05, 4.69) is 20.5 Å². The molecular formula is C19H15N5O2S. The number of carbonyl (C=O) groups excluding carboxylic acids is 1. The van der Waals surface area contributed by atoms with Gasteiger partial charge in [-0.15, -0.1) is 5.10 Å². The third kappa shape index (κ3) is 4.18. The van der Waals surface area contributed by atoms with E-state index in [9.17, 15) is 4.79 Å². The summed E-state index contributed by atoms with van der Waals surface area (Å²) in [4.78, 5) is 17.8. The smallest absolute Gasteiger partial charge is 0.278 e. The lowest BCUT2D eigenvalue weighted by atomic mass is 10.2. The summed E-state index contributed by atoms with van der Waals surface area (Å²) in [5.41, 5.74) is 2.01. The minimum Gasteiger partial charge on any atom is -0.431 e. The molecule has 0 fully saturated rings. The minimum atomic E-state index is -0.278. The molecule has 0 saturated carbocycles. The standard InChI is InChI=1S/C19H15N5O2S/c25-18(17-13-22-24(23-17)15-4-2-1-3-5-15)21-12-14-6-8-16(9-7-14)26-19-20-10-11-27-19/h1-11,13H,12H2,(H,21,25). The van der Waals surface area contributed by atoms with E-state index in [4.69, 9.17) is 4.74 Å². The summed E-state index contributed by atoms with van der Waals surface area (Å²) in [6, 6.07) is 16.9. The fraction of sp³-hybridized carbons (Fsp3) is 0.0526. The molecule has 0 saturated heterocycles. The third-order valence-corrected chi connectivity index (χ3v) is 4.35. The molecule has 2 aromatic heterocycles. The van der Waals surface area contributed by atoms with Crippen LogP contribution < -0.4 is 10.1 Å². The highest BCUT2D eigenvalue weighted by Gasteiger charge is 2.11. The van der Waals surface area contributed by atoms with Crippen LogP contribution in [0.1, 0.15) is 16.1 Å². The van der Waals surface area contributed by atoms with Gasteiger partial charge in [0.25, 0.3) is 11.1 Å². The van der Waals surface area contributed by atoms with Gasteiger partial charge in [-0.25, -0.2) is 4.98 Å². The van der Waals surface area contributed by atoms with E-state index < -0.39 is 0 Å². The molecule has 7 nitrogen and oxygen atoms in total. The average molecular weight is 377 g/mol. The first-order chi connectivity index (χ1) is 13.3. The number of nitrogens with zero attached hydrogens (tertiary/aromatic N) is 4. The number of nitrogens with one attached hydrogen (secondary N) is 1.